The standard InChI is InChI=1S/C9H9NO3/c11-7-10-13-9(12)6-8-4-2-1-3-5-8/h1-5,7H,6H2,(H,10,11). The van der Waals surface area contributed by atoms with E-state index in [1.165, 1.54) is 0 Å². The normalized spacial score (nSPS) is 8.92. The summed E-state index contributed by atoms with van der Waals surface area (Å²) in [7, 11) is 0. The molecule has 0 heterocycles. The molecule has 0 spiro atoms. The highest BCUT2D eigenvalue weighted by Crippen LogP contribution is 1.99. The van der Waals surface area contributed by atoms with Crippen molar-refractivity contribution < 1.29 is 14.4 Å². The van der Waals surface area contributed by atoms with Gasteiger partial charge in [0.05, 0.1) is 6.42 Å². The van der Waals surface area contributed by atoms with Gasteiger partial charge in [-0.1, -0.05) is 30.3 Å². The molecule has 1 aromatic carbocycles. The van der Waals surface area contributed by atoms with E-state index < -0.39 is 5.97 Å². The van der Waals surface area contributed by atoms with E-state index >= 15 is 0 Å². The van der Waals surface area contributed by atoms with Crippen LogP contribution in [0, 0.1) is 0 Å². The van der Waals surface area contributed by atoms with E-state index in [1.54, 1.807) is 0 Å². The number of hydrogen-bond acceptors (Lipinski definition) is 3. The summed E-state index contributed by atoms with van der Waals surface area (Å²) < 4.78 is 0. The summed E-state index contributed by atoms with van der Waals surface area (Å²) in [6, 6.07) is 9.13. The van der Waals surface area contributed by atoms with Gasteiger partial charge in [-0.05, 0) is 5.56 Å². The fourth-order valence-electron chi connectivity index (χ4n) is 0.888. The first-order valence-corrected chi connectivity index (χ1v) is 3.75. The van der Waals surface area contributed by atoms with Gasteiger partial charge >= 0.3 is 5.97 Å². The van der Waals surface area contributed by atoms with Crippen molar-refractivity contribution in [3.63, 3.8) is 0 Å². The zero-order valence-corrected chi connectivity index (χ0v) is 6.90. The maximum Gasteiger partial charge on any atom is 0.336 e. The van der Waals surface area contributed by atoms with Crippen LogP contribution in [0.5, 0.6) is 0 Å². The molecule has 0 atom stereocenters. The van der Waals surface area contributed by atoms with Gasteiger partial charge in [0.2, 0.25) is 6.41 Å². The van der Waals surface area contributed by atoms with Crippen LogP contribution < -0.4 is 5.48 Å². The van der Waals surface area contributed by atoms with Crippen LogP contribution in [0.15, 0.2) is 30.3 Å². The summed E-state index contributed by atoms with van der Waals surface area (Å²) in [6.07, 6.45) is 0.463. The van der Waals surface area contributed by atoms with E-state index in [4.69, 9.17) is 0 Å². The smallest absolute Gasteiger partial charge is 0.336 e. The van der Waals surface area contributed by atoms with Gasteiger partial charge < -0.3 is 4.84 Å². The first-order chi connectivity index (χ1) is 6.33. The van der Waals surface area contributed by atoms with Crippen LogP contribution in [-0.2, 0) is 20.8 Å². The van der Waals surface area contributed by atoms with Gasteiger partial charge in [-0.3, -0.25) is 4.79 Å². The Morgan fingerprint density at radius 2 is 2.08 bits per heavy atom. The highest BCUT2D eigenvalue weighted by atomic mass is 16.7. The van der Waals surface area contributed by atoms with Gasteiger partial charge in [0.25, 0.3) is 0 Å². The first-order valence-electron chi connectivity index (χ1n) is 3.75. The molecule has 0 aliphatic carbocycles. The summed E-state index contributed by atoms with van der Waals surface area (Å²) in [6.45, 7) is 0. The predicted octanol–water partition coefficient (Wildman–Crippen LogP) is 0.433. The summed E-state index contributed by atoms with van der Waals surface area (Å²) in [5.41, 5.74) is 2.69. The monoisotopic (exact) mass is 179 g/mol. The zero-order chi connectivity index (χ0) is 9.52. The second kappa shape index (κ2) is 4.92. The molecule has 4 nitrogen and oxygen atoms in total. The van der Waals surface area contributed by atoms with E-state index in [1.807, 2.05) is 35.8 Å². The van der Waals surface area contributed by atoms with Gasteiger partial charge in [0.15, 0.2) is 0 Å². The Morgan fingerprint density at radius 1 is 1.38 bits per heavy atom. The molecule has 4 heteroatoms. The molecule has 0 radical (unpaired) electrons. The molecule has 0 aromatic heterocycles. The molecule has 0 bridgehead atoms. The predicted molar refractivity (Wildman–Crippen MR) is 45.4 cm³/mol. The second-order valence-electron chi connectivity index (χ2n) is 2.37. The third-order valence-corrected chi connectivity index (χ3v) is 1.41. The average Bonchev–Trinajstić information content (AvgIpc) is 2.16. The van der Waals surface area contributed by atoms with E-state index in [2.05, 4.69) is 4.84 Å². The number of rotatable bonds is 4. The minimum Gasteiger partial charge on any atom is -0.341 e. The number of benzene rings is 1. The van der Waals surface area contributed by atoms with Crippen LogP contribution in [0.25, 0.3) is 0 Å². The van der Waals surface area contributed by atoms with Crippen molar-refractivity contribution in [3.05, 3.63) is 35.9 Å². The molecule has 0 saturated heterocycles. The minimum atomic E-state index is -0.488. The van der Waals surface area contributed by atoms with Crippen molar-refractivity contribution in [1.82, 2.24) is 5.48 Å². The van der Waals surface area contributed by atoms with Crippen molar-refractivity contribution in [2.75, 3.05) is 0 Å². The van der Waals surface area contributed by atoms with Crippen molar-refractivity contribution >= 4 is 12.4 Å². The van der Waals surface area contributed by atoms with Gasteiger partial charge in [-0.2, -0.15) is 5.48 Å². The van der Waals surface area contributed by atoms with Crippen LogP contribution in [-0.4, -0.2) is 12.4 Å². The maximum absolute atomic E-state index is 10.9. The van der Waals surface area contributed by atoms with Crippen LogP contribution in [0.2, 0.25) is 0 Å². The molecule has 0 aliphatic rings. The van der Waals surface area contributed by atoms with Gasteiger partial charge in [0.1, 0.15) is 0 Å². The lowest BCUT2D eigenvalue weighted by atomic mass is 10.2. The molecule has 1 aromatic rings. The molecule has 0 fully saturated rings. The van der Waals surface area contributed by atoms with Crippen molar-refractivity contribution in [2.24, 2.45) is 0 Å². The van der Waals surface area contributed by atoms with Crippen molar-refractivity contribution in [3.8, 4) is 0 Å². The zero-order valence-electron chi connectivity index (χ0n) is 6.90. The molecular weight excluding hydrogens is 170 g/mol. The SMILES string of the molecule is O=CNOC(=O)Cc1ccccc1. The number of carbonyl (C=O) groups excluding carboxylic acids is 2. The Kier molecular flexibility index (Phi) is 3.50. The Labute approximate surface area is 75.5 Å². The third-order valence-electron chi connectivity index (χ3n) is 1.41. The maximum atomic E-state index is 10.9. The van der Waals surface area contributed by atoms with Crippen LogP contribution in [0.3, 0.4) is 0 Å². The Morgan fingerprint density at radius 3 is 2.69 bits per heavy atom. The number of nitrogens with one attached hydrogen (secondary N) is 1. The molecular formula is C9H9NO3. The lowest BCUT2D eigenvalue weighted by molar-refractivity contribution is -0.153. The van der Waals surface area contributed by atoms with E-state index in [-0.39, 0.29) is 6.42 Å². The fourth-order valence-corrected chi connectivity index (χ4v) is 0.888. The quantitative estimate of drug-likeness (QED) is 0.538. The Hall–Kier alpha value is -1.84. The minimum absolute atomic E-state index is 0.154. The van der Waals surface area contributed by atoms with E-state index in [9.17, 15) is 9.59 Å². The lowest BCUT2D eigenvalue weighted by Crippen LogP contribution is -2.19. The topological polar surface area (TPSA) is 55.4 Å². The number of hydrogen-bond donors (Lipinski definition) is 1. The molecule has 0 aliphatic heterocycles. The molecule has 1 amide bonds. The fraction of sp³-hybridized carbons (Fsp3) is 0.111. The van der Waals surface area contributed by atoms with E-state index in [0.717, 1.165) is 5.56 Å². The summed E-state index contributed by atoms with van der Waals surface area (Å²) >= 11 is 0. The Bertz CT molecular complexity index is 284. The van der Waals surface area contributed by atoms with Crippen molar-refractivity contribution in [2.45, 2.75) is 6.42 Å². The molecule has 68 valence electrons. The summed E-state index contributed by atoms with van der Waals surface area (Å²) in [5, 5.41) is 0. The second-order valence-corrected chi connectivity index (χ2v) is 2.37. The summed E-state index contributed by atoms with van der Waals surface area (Å²) in [4.78, 5) is 25.0. The van der Waals surface area contributed by atoms with Gasteiger partial charge in [-0.15, -0.1) is 0 Å². The molecule has 0 saturated carbocycles. The highest BCUT2D eigenvalue weighted by molar-refractivity contribution is 5.73. The van der Waals surface area contributed by atoms with E-state index in [0.29, 0.717) is 6.41 Å². The average molecular weight is 179 g/mol. The highest BCUT2D eigenvalue weighted by Gasteiger charge is 2.03. The lowest BCUT2D eigenvalue weighted by Gasteiger charge is -2.00. The summed E-state index contributed by atoms with van der Waals surface area (Å²) in [5.74, 6) is -0.488. The molecule has 0 unspecified atom stereocenters. The van der Waals surface area contributed by atoms with Crippen LogP contribution >= 0.6 is 0 Å². The van der Waals surface area contributed by atoms with Gasteiger partial charge in [-0.25, -0.2) is 4.79 Å². The van der Waals surface area contributed by atoms with Crippen LogP contribution in [0.1, 0.15) is 5.56 Å². The molecule has 13 heavy (non-hydrogen) atoms. The third kappa shape index (κ3) is 3.37. The van der Waals surface area contributed by atoms with Crippen molar-refractivity contribution in [1.29, 1.82) is 0 Å². The largest absolute Gasteiger partial charge is 0.341 e. The molecule has 1 N–H and O–H groups in total. The van der Waals surface area contributed by atoms with Gasteiger partial charge in [0, 0.05) is 0 Å². The first kappa shape index (κ1) is 9.25. The number of amides is 1. The Balaban J connectivity index is 2.41. The van der Waals surface area contributed by atoms with Crippen LogP contribution in [0.4, 0.5) is 0 Å². The number of carbonyl (C=O) groups is 2. The number of hydroxylamine groups is 1. The molecule has 1 rings (SSSR count).